The lowest BCUT2D eigenvalue weighted by Crippen LogP contribution is -2.33. The second-order valence-electron chi connectivity index (χ2n) is 5.73. The summed E-state index contributed by atoms with van der Waals surface area (Å²) in [7, 11) is -2.04. The molecule has 0 radical (unpaired) electrons. The van der Waals surface area contributed by atoms with Crippen molar-refractivity contribution in [2.24, 2.45) is 0 Å². The molecule has 0 aliphatic heterocycles. The average Bonchev–Trinajstić information content (AvgIpc) is 2.65. The summed E-state index contributed by atoms with van der Waals surface area (Å²) in [6.45, 7) is 3.23. The number of benzene rings is 2. The lowest BCUT2D eigenvalue weighted by atomic mass is 10.1. The van der Waals surface area contributed by atoms with Crippen molar-refractivity contribution >= 4 is 15.9 Å². The lowest BCUT2D eigenvalue weighted by molar-refractivity contribution is 0.0680. The Balaban J connectivity index is 2.27. The van der Waals surface area contributed by atoms with Gasteiger partial charge in [0, 0.05) is 32.3 Å². The molecule has 26 heavy (non-hydrogen) atoms. The van der Waals surface area contributed by atoms with Gasteiger partial charge in [-0.15, -0.1) is 0 Å². The fourth-order valence-corrected chi connectivity index (χ4v) is 3.60. The first-order valence-electron chi connectivity index (χ1n) is 8.39. The molecule has 0 saturated heterocycles. The Kier molecular flexibility index (Phi) is 7.32. The van der Waals surface area contributed by atoms with Gasteiger partial charge in [0.1, 0.15) is 0 Å². The molecule has 0 bridgehead atoms. The van der Waals surface area contributed by atoms with E-state index in [2.05, 4.69) is 4.72 Å². The van der Waals surface area contributed by atoms with E-state index in [1.807, 2.05) is 30.3 Å². The van der Waals surface area contributed by atoms with Gasteiger partial charge in [0.05, 0.1) is 11.5 Å². The van der Waals surface area contributed by atoms with Crippen LogP contribution in [0.2, 0.25) is 0 Å². The van der Waals surface area contributed by atoms with Crippen molar-refractivity contribution < 1.29 is 17.9 Å². The Hall–Kier alpha value is -2.22. The highest BCUT2D eigenvalue weighted by Crippen LogP contribution is 2.15. The van der Waals surface area contributed by atoms with Crippen molar-refractivity contribution in [2.75, 3.05) is 26.8 Å². The molecule has 1 amide bonds. The summed E-state index contributed by atoms with van der Waals surface area (Å²) in [5.74, 6) is -0.237. The maximum absolute atomic E-state index is 12.9. The predicted octanol–water partition coefficient (Wildman–Crippen LogP) is 2.27. The van der Waals surface area contributed by atoms with Crippen LogP contribution < -0.4 is 4.72 Å². The summed E-state index contributed by atoms with van der Waals surface area (Å²) in [5, 5.41) is 0. The molecule has 0 fully saturated rings. The highest BCUT2D eigenvalue weighted by molar-refractivity contribution is 7.89. The summed E-state index contributed by atoms with van der Waals surface area (Å²) >= 11 is 0. The second kappa shape index (κ2) is 9.47. The number of hydrogen-bond donors (Lipinski definition) is 1. The van der Waals surface area contributed by atoms with Crippen LogP contribution in [0.5, 0.6) is 0 Å². The van der Waals surface area contributed by atoms with E-state index in [0.29, 0.717) is 25.3 Å². The lowest BCUT2D eigenvalue weighted by Gasteiger charge is -2.23. The number of methoxy groups -OCH3 is 1. The molecule has 0 aromatic heterocycles. The van der Waals surface area contributed by atoms with E-state index in [-0.39, 0.29) is 17.3 Å². The van der Waals surface area contributed by atoms with Gasteiger partial charge >= 0.3 is 0 Å². The standard InChI is InChI=1S/C19H24N2O4S/c1-3-20-26(23,24)18-11-7-10-17(14-18)19(22)21(12-13-25-2)15-16-8-5-4-6-9-16/h4-11,14,20H,3,12-13,15H2,1-2H3. The molecule has 0 aliphatic carbocycles. The molecule has 6 nitrogen and oxygen atoms in total. The quantitative estimate of drug-likeness (QED) is 0.728. The van der Waals surface area contributed by atoms with Crippen LogP contribution in [0.3, 0.4) is 0 Å². The maximum Gasteiger partial charge on any atom is 0.254 e. The molecule has 7 heteroatoms. The minimum absolute atomic E-state index is 0.0802. The molecule has 0 aliphatic rings. The van der Waals surface area contributed by atoms with Gasteiger partial charge in [-0.2, -0.15) is 0 Å². The third kappa shape index (κ3) is 5.39. The Morgan fingerprint density at radius 3 is 2.50 bits per heavy atom. The van der Waals surface area contributed by atoms with Crippen LogP contribution in [0.15, 0.2) is 59.5 Å². The summed E-state index contributed by atoms with van der Waals surface area (Å²) in [4.78, 5) is 14.7. The molecule has 0 spiro atoms. The highest BCUT2D eigenvalue weighted by atomic mass is 32.2. The summed E-state index contributed by atoms with van der Waals surface area (Å²) in [6.07, 6.45) is 0. The first kappa shape index (κ1) is 20.1. The number of ether oxygens (including phenoxy) is 1. The average molecular weight is 376 g/mol. The number of carbonyl (C=O) groups excluding carboxylic acids is 1. The monoisotopic (exact) mass is 376 g/mol. The number of nitrogens with zero attached hydrogens (tertiary/aromatic N) is 1. The van der Waals surface area contributed by atoms with Crippen molar-refractivity contribution in [3.8, 4) is 0 Å². The van der Waals surface area contributed by atoms with Crippen LogP contribution in [0, 0.1) is 0 Å². The zero-order valence-electron chi connectivity index (χ0n) is 15.0. The van der Waals surface area contributed by atoms with Crippen molar-refractivity contribution in [3.63, 3.8) is 0 Å². The van der Waals surface area contributed by atoms with E-state index >= 15 is 0 Å². The molecular formula is C19H24N2O4S. The zero-order valence-corrected chi connectivity index (χ0v) is 15.8. The van der Waals surface area contributed by atoms with Gasteiger partial charge in [0.2, 0.25) is 10.0 Å². The van der Waals surface area contributed by atoms with Crippen LogP contribution in [-0.4, -0.2) is 46.0 Å². The molecule has 0 unspecified atom stereocenters. The number of carbonyl (C=O) groups is 1. The smallest absolute Gasteiger partial charge is 0.254 e. The Morgan fingerprint density at radius 2 is 1.85 bits per heavy atom. The van der Waals surface area contributed by atoms with Crippen molar-refractivity contribution in [2.45, 2.75) is 18.4 Å². The topological polar surface area (TPSA) is 75.7 Å². The van der Waals surface area contributed by atoms with Crippen molar-refractivity contribution in [3.05, 3.63) is 65.7 Å². The molecular weight excluding hydrogens is 352 g/mol. The number of sulfonamides is 1. The first-order chi connectivity index (χ1) is 12.5. The van der Waals surface area contributed by atoms with Crippen LogP contribution in [-0.2, 0) is 21.3 Å². The van der Waals surface area contributed by atoms with Gasteiger partial charge < -0.3 is 9.64 Å². The van der Waals surface area contributed by atoms with Gasteiger partial charge in [-0.1, -0.05) is 43.3 Å². The predicted molar refractivity (Wildman–Crippen MR) is 100 cm³/mol. The molecule has 2 rings (SSSR count). The Labute approximate surface area is 154 Å². The Morgan fingerprint density at radius 1 is 1.12 bits per heavy atom. The van der Waals surface area contributed by atoms with Crippen LogP contribution in [0.25, 0.3) is 0 Å². The minimum atomic E-state index is -3.61. The molecule has 1 N–H and O–H groups in total. The fourth-order valence-electron chi connectivity index (χ4n) is 2.51. The SMILES string of the molecule is CCNS(=O)(=O)c1cccc(C(=O)N(CCOC)Cc2ccccc2)c1. The van der Waals surface area contributed by atoms with Gasteiger partial charge in [0.15, 0.2) is 0 Å². The molecule has 140 valence electrons. The summed E-state index contributed by atoms with van der Waals surface area (Å²) < 4.78 is 31.9. The van der Waals surface area contributed by atoms with E-state index in [9.17, 15) is 13.2 Å². The van der Waals surface area contributed by atoms with Crippen molar-refractivity contribution in [1.82, 2.24) is 9.62 Å². The van der Waals surface area contributed by atoms with E-state index in [4.69, 9.17) is 4.74 Å². The molecule has 2 aromatic carbocycles. The number of hydrogen-bond acceptors (Lipinski definition) is 4. The van der Waals surface area contributed by atoms with Gasteiger partial charge in [-0.25, -0.2) is 13.1 Å². The van der Waals surface area contributed by atoms with Crippen LogP contribution in [0.4, 0.5) is 0 Å². The van der Waals surface area contributed by atoms with E-state index in [1.165, 1.54) is 12.1 Å². The number of rotatable bonds is 9. The van der Waals surface area contributed by atoms with Crippen molar-refractivity contribution in [1.29, 1.82) is 0 Å². The molecule has 0 atom stereocenters. The summed E-state index contributed by atoms with van der Waals surface area (Å²) in [5.41, 5.74) is 1.32. The van der Waals surface area contributed by atoms with E-state index < -0.39 is 10.0 Å². The first-order valence-corrected chi connectivity index (χ1v) is 9.88. The molecule has 0 heterocycles. The second-order valence-corrected chi connectivity index (χ2v) is 7.50. The van der Waals surface area contributed by atoms with E-state index in [0.717, 1.165) is 5.56 Å². The minimum Gasteiger partial charge on any atom is -0.383 e. The normalized spacial score (nSPS) is 11.3. The fraction of sp³-hybridized carbons (Fsp3) is 0.316. The number of nitrogens with one attached hydrogen (secondary N) is 1. The van der Waals surface area contributed by atoms with Gasteiger partial charge in [-0.05, 0) is 23.8 Å². The zero-order chi connectivity index (χ0) is 19.0. The van der Waals surface area contributed by atoms with Crippen LogP contribution in [0.1, 0.15) is 22.8 Å². The summed E-state index contributed by atoms with van der Waals surface area (Å²) in [6, 6.07) is 15.7. The van der Waals surface area contributed by atoms with Crippen LogP contribution >= 0.6 is 0 Å². The number of amides is 1. The largest absolute Gasteiger partial charge is 0.383 e. The third-order valence-corrected chi connectivity index (χ3v) is 5.34. The molecule has 0 saturated carbocycles. The van der Waals surface area contributed by atoms with E-state index in [1.54, 1.807) is 31.1 Å². The maximum atomic E-state index is 12.9. The third-order valence-electron chi connectivity index (χ3n) is 3.79. The highest BCUT2D eigenvalue weighted by Gasteiger charge is 2.19. The van der Waals surface area contributed by atoms with Gasteiger partial charge in [-0.3, -0.25) is 4.79 Å². The molecule has 2 aromatic rings. The van der Waals surface area contributed by atoms with Gasteiger partial charge in [0.25, 0.3) is 5.91 Å². The Bertz CT molecular complexity index is 822.